The number of hydrogen-bond acceptors (Lipinski definition) is 3. The number of carboxylic acids is 1. The first kappa shape index (κ1) is 15.0. The number of anilines is 1. The van der Waals surface area contributed by atoms with Crippen LogP contribution in [0.2, 0.25) is 0 Å². The maximum absolute atomic E-state index is 12.8. The molecule has 0 radical (unpaired) electrons. The summed E-state index contributed by atoms with van der Waals surface area (Å²) < 4.78 is 39.0. The van der Waals surface area contributed by atoms with Crippen molar-refractivity contribution in [3.63, 3.8) is 0 Å². The molecule has 2 aromatic rings. The molecule has 0 atom stereocenters. The number of aromatic nitrogens is 1. The zero-order valence-electron chi connectivity index (χ0n) is 11.1. The van der Waals surface area contributed by atoms with Gasteiger partial charge in [-0.05, 0) is 30.7 Å². The number of carboxylic acid groups (broad SMARTS) is 1. The van der Waals surface area contributed by atoms with E-state index in [1.807, 2.05) is 0 Å². The van der Waals surface area contributed by atoms with E-state index in [2.05, 4.69) is 9.71 Å². The summed E-state index contributed by atoms with van der Waals surface area (Å²) in [6, 6.07) is 6.43. The molecule has 0 unspecified atom stereocenters. The summed E-state index contributed by atoms with van der Waals surface area (Å²) >= 11 is 0. The van der Waals surface area contributed by atoms with Crippen molar-refractivity contribution >= 4 is 21.7 Å². The molecule has 3 N–H and O–H groups in total. The Kier molecular flexibility index (Phi) is 3.99. The SMILES string of the molecule is Cc1cc(NS(=O)(=O)Cc2ccc(F)cc2)c(C(=O)O)[nH]1. The highest BCUT2D eigenvalue weighted by molar-refractivity contribution is 7.91. The smallest absolute Gasteiger partial charge is 0.354 e. The lowest BCUT2D eigenvalue weighted by molar-refractivity contribution is 0.0692. The van der Waals surface area contributed by atoms with Gasteiger partial charge in [0, 0.05) is 5.69 Å². The standard InChI is InChI=1S/C13H13FN2O4S/c1-8-6-11(12(15-8)13(17)18)16-21(19,20)7-9-2-4-10(14)5-3-9/h2-6,15-16H,7H2,1H3,(H,17,18). The van der Waals surface area contributed by atoms with E-state index in [0.717, 1.165) is 12.1 Å². The molecule has 8 heteroatoms. The van der Waals surface area contributed by atoms with Crippen molar-refractivity contribution < 1.29 is 22.7 Å². The van der Waals surface area contributed by atoms with Gasteiger partial charge in [-0.15, -0.1) is 0 Å². The molecule has 0 saturated carbocycles. The van der Waals surface area contributed by atoms with E-state index < -0.39 is 21.8 Å². The van der Waals surface area contributed by atoms with E-state index in [0.29, 0.717) is 11.3 Å². The fraction of sp³-hybridized carbons (Fsp3) is 0.154. The van der Waals surface area contributed by atoms with Crippen LogP contribution in [0.3, 0.4) is 0 Å². The van der Waals surface area contributed by atoms with Crippen molar-refractivity contribution in [2.75, 3.05) is 4.72 Å². The molecule has 1 aromatic heterocycles. The summed E-state index contributed by atoms with van der Waals surface area (Å²) in [6.07, 6.45) is 0. The van der Waals surface area contributed by atoms with Crippen molar-refractivity contribution in [1.29, 1.82) is 0 Å². The molecule has 1 heterocycles. The van der Waals surface area contributed by atoms with Gasteiger partial charge in [0.2, 0.25) is 10.0 Å². The molecule has 0 amide bonds. The molecule has 0 aliphatic carbocycles. The maximum atomic E-state index is 12.8. The normalized spacial score (nSPS) is 11.3. The van der Waals surface area contributed by atoms with Crippen LogP contribution in [0.1, 0.15) is 21.7 Å². The second kappa shape index (κ2) is 5.57. The maximum Gasteiger partial charge on any atom is 0.354 e. The van der Waals surface area contributed by atoms with Gasteiger partial charge in [0.1, 0.15) is 11.5 Å². The molecule has 0 aliphatic heterocycles. The molecule has 2 rings (SSSR count). The van der Waals surface area contributed by atoms with Crippen molar-refractivity contribution in [2.24, 2.45) is 0 Å². The van der Waals surface area contributed by atoms with Crippen molar-refractivity contribution in [1.82, 2.24) is 4.98 Å². The molecule has 0 bridgehead atoms. The van der Waals surface area contributed by atoms with E-state index in [4.69, 9.17) is 5.11 Å². The lowest BCUT2D eigenvalue weighted by Crippen LogP contribution is -2.16. The highest BCUT2D eigenvalue weighted by Crippen LogP contribution is 2.19. The van der Waals surface area contributed by atoms with Gasteiger partial charge in [0.15, 0.2) is 0 Å². The van der Waals surface area contributed by atoms with Crippen molar-refractivity contribution in [3.05, 3.63) is 53.1 Å². The topological polar surface area (TPSA) is 99.3 Å². The summed E-state index contributed by atoms with van der Waals surface area (Å²) in [6.45, 7) is 1.62. The van der Waals surface area contributed by atoms with Crippen LogP contribution < -0.4 is 4.72 Å². The molecule has 0 spiro atoms. The van der Waals surface area contributed by atoms with Crippen LogP contribution in [0, 0.1) is 12.7 Å². The number of carbonyl (C=O) groups is 1. The third-order valence-electron chi connectivity index (χ3n) is 2.70. The van der Waals surface area contributed by atoms with Crippen molar-refractivity contribution in [3.8, 4) is 0 Å². The first-order chi connectivity index (χ1) is 9.77. The minimum atomic E-state index is -3.80. The zero-order valence-corrected chi connectivity index (χ0v) is 11.9. The van der Waals surface area contributed by atoms with E-state index in [1.165, 1.54) is 18.2 Å². The Balaban J connectivity index is 2.21. The lowest BCUT2D eigenvalue weighted by Gasteiger charge is -2.07. The molecule has 1 aromatic carbocycles. The number of halogens is 1. The average molecular weight is 312 g/mol. The quantitative estimate of drug-likeness (QED) is 0.787. The van der Waals surface area contributed by atoms with Gasteiger partial charge >= 0.3 is 5.97 Å². The van der Waals surface area contributed by atoms with Gasteiger partial charge in [0.25, 0.3) is 0 Å². The summed E-state index contributed by atoms with van der Waals surface area (Å²) in [7, 11) is -3.80. The summed E-state index contributed by atoms with van der Waals surface area (Å²) in [5, 5.41) is 8.99. The Morgan fingerprint density at radius 1 is 1.33 bits per heavy atom. The summed E-state index contributed by atoms with van der Waals surface area (Å²) in [5.74, 6) is -2.10. The van der Waals surface area contributed by atoms with Gasteiger partial charge in [-0.25, -0.2) is 17.6 Å². The van der Waals surface area contributed by atoms with Crippen molar-refractivity contribution in [2.45, 2.75) is 12.7 Å². The van der Waals surface area contributed by atoms with Crippen LogP contribution in [0.4, 0.5) is 10.1 Å². The number of aromatic amines is 1. The third kappa shape index (κ3) is 3.82. The largest absolute Gasteiger partial charge is 0.477 e. The predicted octanol–water partition coefficient (Wildman–Crippen LogP) is 2.10. The number of aryl methyl sites for hydroxylation is 1. The highest BCUT2D eigenvalue weighted by atomic mass is 32.2. The molecule has 0 fully saturated rings. The number of sulfonamides is 1. The minimum Gasteiger partial charge on any atom is -0.477 e. The average Bonchev–Trinajstić information content (AvgIpc) is 2.72. The monoisotopic (exact) mass is 312 g/mol. The number of H-pyrrole nitrogens is 1. The van der Waals surface area contributed by atoms with Crippen LogP contribution in [0.15, 0.2) is 30.3 Å². The number of benzene rings is 1. The number of aromatic carboxylic acids is 1. The summed E-state index contributed by atoms with van der Waals surface area (Å²) in [4.78, 5) is 13.6. The lowest BCUT2D eigenvalue weighted by atomic mass is 10.2. The van der Waals surface area contributed by atoms with Crippen LogP contribution >= 0.6 is 0 Å². The van der Waals surface area contributed by atoms with Gasteiger partial charge in [-0.1, -0.05) is 12.1 Å². The highest BCUT2D eigenvalue weighted by Gasteiger charge is 2.19. The first-order valence-corrected chi connectivity index (χ1v) is 7.60. The van der Waals surface area contributed by atoms with Gasteiger partial charge in [-0.2, -0.15) is 0 Å². The molecule has 0 saturated heterocycles. The Labute approximate surface area is 120 Å². The van der Waals surface area contributed by atoms with Crippen LogP contribution in [-0.4, -0.2) is 24.5 Å². The van der Waals surface area contributed by atoms with Gasteiger partial charge in [-0.3, -0.25) is 4.72 Å². The van der Waals surface area contributed by atoms with Crippen LogP contribution in [0.5, 0.6) is 0 Å². The van der Waals surface area contributed by atoms with E-state index >= 15 is 0 Å². The van der Waals surface area contributed by atoms with Crippen LogP contribution in [0.25, 0.3) is 0 Å². The fourth-order valence-corrected chi connectivity index (χ4v) is 3.04. The second-order valence-corrected chi connectivity index (χ2v) is 6.26. The minimum absolute atomic E-state index is 0.0258. The molecule has 6 nitrogen and oxygen atoms in total. The Morgan fingerprint density at radius 2 is 1.95 bits per heavy atom. The fourth-order valence-electron chi connectivity index (χ4n) is 1.84. The Morgan fingerprint density at radius 3 is 2.52 bits per heavy atom. The van der Waals surface area contributed by atoms with Gasteiger partial charge < -0.3 is 10.1 Å². The first-order valence-electron chi connectivity index (χ1n) is 5.95. The number of rotatable bonds is 5. The molecular weight excluding hydrogens is 299 g/mol. The van der Waals surface area contributed by atoms with Crippen LogP contribution in [-0.2, 0) is 15.8 Å². The van der Waals surface area contributed by atoms with E-state index in [9.17, 15) is 17.6 Å². The van der Waals surface area contributed by atoms with E-state index in [1.54, 1.807) is 6.92 Å². The Bertz CT molecular complexity index is 766. The number of hydrogen-bond donors (Lipinski definition) is 3. The summed E-state index contributed by atoms with van der Waals surface area (Å²) in [5.41, 5.74) is 0.664. The Hall–Kier alpha value is -2.35. The van der Waals surface area contributed by atoms with Gasteiger partial charge in [0.05, 0.1) is 11.4 Å². The third-order valence-corrected chi connectivity index (χ3v) is 3.95. The van der Waals surface area contributed by atoms with E-state index in [-0.39, 0.29) is 17.1 Å². The molecule has 112 valence electrons. The number of nitrogens with one attached hydrogen (secondary N) is 2. The molecular formula is C13H13FN2O4S. The predicted molar refractivity (Wildman–Crippen MR) is 75.1 cm³/mol. The molecule has 21 heavy (non-hydrogen) atoms. The zero-order chi connectivity index (χ0) is 15.6. The molecule has 0 aliphatic rings. The second-order valence-electron chi connectivity index (χ2n) is 4.53.